The summed E-state index contributed by atoms with van der Waals surface area (Å²) in [5, 5.41) is 0.993. The molecule has 0 aromatic rings. The van der Waals surface area contributed by atoms with Crippen molar-refractivity contribution < 1.29 is 14.4 Å². The molecular weight excluding hydrogens is 268 g/mol. The van der Waals surface area contributed by atoms with Crippen LogP contribution in [-0.2, 0) is 14.4 Å². The molecule has 0 spiro atoms. The summed E-state index contributed by atoms with van der Waals surface area (Å²) in [6.45, 7) is 2.00. The number of hydrogen-bond donors (Lipinski definition) is 4. The maximum Gasteiger partial charge on any atom is 0.258 e. The van der Waals surface area contributed by atoms with Crippen molar-refractivity contribution in [2.75, 3.05) is 12.3 Å². The Hall–Kier alpha value is -1.12. The minimum atomic E-state index is -0.808. The van der Waals surface area contributed by atoms with Gasteiger partial charge in [-0.25, -0.2) is 5.01 Å². The molecule has 2 atom stereocenters. The molecule has 0 unspecified atom stereocenters. The van der Waals surface area contributed by atoms with Gasteiger partial charge in [-0.15, -0.1) is 0 Å². The highest BCUT2D eigenvalue weighted by atomic mass is 32.1. The first-order chi connectivity index (χ1) is 8.97. The van der Waals surface area contributed by atoms with Crippen LogP contribution in [0.5, 0.6) is 0 Å². The molecule has 0 aliphatic carbocycles. The van der Waals surface area contributed by atoms with Gasteiger partial charge in [-0.1, -0.05) is 0 Å². The van der Waals surface area contributed by atoms with Crippen molar-refractivity contribution >= 4 is 30.7 Å². The van der Waals surface area contributed by atoms with Gasteiger partial charge in [0.1, 0.15) is 12.3 Å². The zero-order chi connectivity index (χ0) is 14.8. The lowest BCUT2D eigenvalue weighted by molar-refractivity contribution is -0.146. The van der Waals surface area contributed by atoms with Gasteiger partial charge in [0, 0.05) is 0 Å². The molecule has 0 saturated heterocycles. The van der Waals surface area contributed by atoms with E-state index in [9.17, 15) is 14.4 Å². The lowest BCUT2D eigenvalue weighted by Crippen LogP contribution is -2.57. The highest BCUT2D eigenvalue weighted by molar-refractivity contribution is 7.81. The molecule has 0 bridgehead atoms. The standard InChI is InChI=1S/C11H22N4O3S/c1-8(13)11(18)15(14-10(17)7-19)9(6-16)4-2-3-5-12/h6,8-9,19H,2-5,7,12-13H2,1H3,(H,14,17)/t8-,9-/m0/s1. The van der Waals surface area contributed by atoms with E-state index in [1.807, 2.05) is 0 Å². The predicted molar refractivity (Wildman–Crippen MR) is 75.2 cm³/mol. The molecule has 0 fully saturated rings. The van der Waals surface area contributed by atoms with Crippen LogP contribution < -0.4 is 16.9 Å². The first-order valence-electron chi connectivity index (χ1n) is 6.12. The average molecular weight is 290 g/mol. The van der Waals surface area contributed by atoms with Crippen LogP contribution in [-0.4, -0.2) is 47.5 Å². The van der Waals surface area contributed by atoms with Crippen molar-refractivity contribution in [2.24, 2.45) is 11.5 Å². The molecule has 0 radical (unpaired) electrons. The van der Waals surface area contributed by atoms with Crippen molar-refractivity contribution in [3.05, 3.63) is 0 Å². The van der Waals surface area contributed by atoms with E-state index in [0.29, 0.717) is 25.7 Å². The number of carbonyl (C=O) groups excluding carboxylic acids is 3. The summed E-state index contributed by atoms with van der Waals surface area (Å²) in [5.74, 6) is -1.07. The average Bonchev–Trinajstić information content (AvgIpc) is 2.40. The zero-order valence-electron chi connectivity index (χ0n) is 11.0. The SMILES string of the molecule is C[C@H](N)C(=O)N(NC(=O)CS)[C@H](C=O)CCCCN. The van der Waals surface area contributed by atoms with E-state index in [4.69, 9.17) is 11.5 Å². The fourth-order valence-corrected chi connectivity index (χ4v) is 1.52. The minimum Gasteiger partial charge on any atom is -0.330 e. The number of nitrogens with one attached hydrogen (secondary N) is 1. The van der Waals surface area contributed by atoms with Gasteiger partial charge >= 0.3 is 0 Å². The summed E-state index contributed by atoms with van der Waals surface area (Å²) in [5.41, 5.74) is 13.2. The second kappa shape index (κ2) is 9.76. The largest absolute Gasteiger partial charge is 0.330 e. The molecule has 0 aromatic heterocycles. The van der Waals surface area contributed by atoms with Crippen LogP contribution in [0.15, 0.2) is 0 Å². The smallest absolute Gasteiger partial charge is 0.258 e. The molecule has 7 nitrogen and oxygen atoms in total. The molecular formula is C11H22N4O3S. The zero-order valence-corrected chi connectivity index (χ0v) is 11.9. The van der Waals surface area contributed by atoms with Crippen molar-refractivity contribution in [1.29, 1.82) is 0 Å². The molecule has 8 heteroatoms. The minimum absolute atomic E-state index is 0.0862. The maximum absolute atomic E-state index is 11.9. The Bertz CT molecular complexity index is 312. The van der Waals surface area contributed by atoms with Crippen LogP contribution in [0.4, 0.5) is 0 Å². The first-order valence-corrected chi connectivity index (χ1v) is 6.75. The molecule has 0 aromatic carbocycles. The Morgan fingerprint density at radius 1 is 1.42 bits per heavy atom. The quantitative estimate of drug-likeness (QED) is 0.194. The molecule has 0 rings (SSSR count). The number of hydrazine groups is 1. The number of amides is 2. The lowest BCUT2D eigenvalue weighted by Gasteiger charge is -2.29. The highest BCUT2D eigenvalue weighted by Crippen LogP contribution is 2.06. The fraction of sp³-hybridized carbons (Fsp3) is 0.727. The molecule has 0 aliphatic rings. The van der Waals surface area contributed by atoms with E-state index in [1.54, 1.807) is 0 Å². The summed E-state index contributed by atoms with van der Waals surface area (Å²) in [6.07, 6.45) is 2.46. The third-order valence-corrected chi connectivity index (χ3v) is 2.75. The van der Waals surface area contributed by atoms with Gasteiger partial charge in [0.05, 0.1) is 11.8 Å². The van der Waals surface area contributed by atoms with Gasteiger partial charge in [0.25, 0.3) is 5.91 Å². The van der Waals surface area contributed by atoms with E-state index in [0.717, 1.165) is 11.4 Å². The molecule has 2 amide bonds. The third-order valence-electron chi connectivity index (χ3n) is 2.46. The summed E-state index contributed by atoms with van der Waals surface area (Å²) in [6, 6.07) is -1.55. The van der Waals surface area contributed by atoms with Crippen LogP contribution in [0.2, 0.25) is 0 Å². The molecule has 0 saturated carbocycles. The number of carbonyl (C=O) groups is 3. The number of nitrogens with zero attached hydrogens (tertiary/aromatic N) is 1. The molecule has 5 N–H and O–H groups in total. The summed E-state index contributed by atoms with van der Waals surface area (Å²) < 4.78 is 0. The Morgan fingerprint density at radius 2 is 2.05 bits per heavy atom. The normalized spacial score (nSPS) is 13.5. The van der Waals surface area contributed by atoms with Gasteiger partial charge < -0.3 is 16.3 Å². The Morgan fingerprint density at radius 3 is 2.47 bits per heavy atom. The Kier molecular flexibility index (Phi) is 9.19. The summed E-state index contributed by atoms with van der Waals surface area (Å²) in [7, 11) is 0. The second-order valence-electron chi connectivity index (χ2n) is 4.18. The van der Waals surface area contributed by atoms with Gasteiger partial charge in [0.15, 0.2) is 0 Å². The van der Waals surface area contributed by atoms with Gasteiger partial charge in [-0.05, 0) is 32.7 Å². The Labute approximate surface area is 118 Å². The van der Waals surface area contributed by atoms with Crippen LogP contribution in [0.25, 0.3) is 0 Å². The monoisotopic (exact) mass is 290 g/mol. The fourth-order valence-electron chi connectivity index (χ4n) is 1.45. The number of thiol groups is 1. The first kappa shape index (κ1) is 17.9. The second-order valence-corrected chi connectivity index (χ2v) is 4.49. The van der Waals surface area contributed by atoms with E-state index in [1.165, 1.54) is 6.92 Å². The molecule has 0 aliphatic heterocycles. The third kappa shape index (κ3) is 6.55. The topological polar surface area (TPSA) is 119 Å². The van der Waals surface area contributed by atoms with E-state index in [-0.39, 0.29) is 5.75 Å². The van der Waals surface area contributed by atoms with E-state index >= 15 is 0 Å². The van der Waals surface area contributed by atoms with Crippen molar-refractivity contribution in [1.82, 2.24) is 10.4 Å². The van der Waals surface area contributed by atoms with Crippen LogP contribution in [0.3, 0.4) is 0 Å². The number of unbranched alkanes of at least 4 members (excludes halogenated alkanes) is 1. The van der Waals surface area contributed by atoms with Crippen molar-refractivity contribution in [3.8, 4) is 0 Å². The predicted octanol–water partition coefficient (Wildman–Crippen LogP) is -1.18. The number of hydrogen-bond acceptors (Lipinski definition) is 6. The lowest BCUT2D eigenvalue weighted by atomic mass is 10.1. The van der Waals surface area contributed by atoms with Gasteiger partial charge in [-0.3, -0.25) is 15.0 Å². The van der Waals surface area contributed by atoms with Crippen LogP contribution in [0.1, 0.15) is 26.2 Å². The van der Waals surface area contributed by atoms with Gasteiger partial charge in [-0.2, -0.15) is 12.6 Å². The highest BCUT2D eigenvalue weighted by Gasteiger charge is 2.26. The Balaban J connectivity index is 4.80. The van der Waals surface area contributed by atoms with Crippen molar-refractivity contribution in [3.63, 3.8) is 0 Å². The van der Waals surface area contributed by atoms with E-state index in [2.05, 4.69) is 18.1 Å². The maximum atomic E-state index is 11.9. The van der Waals surface area contributed by atoms with Crippen LogP contribution in [0, 0.1) is 0 Å². The number of rotatable bonds is 8. The number of aldehydes is 1. The summed E-state index contributed by atoms with van der Waals surface area (Å²) in [4.78, 5) is 34.3. The molecule has 110 valence electrons. The van der Waals surface area contributed by atoms with Crippen LogP contribution >= 0.6 is 12.6 Å². The summed E-state index contributed by atoms with van der Waals surface area (Å²) >= 11 is 3.81. The molecule has 19 heavy (non-hydrogen) atoms. The van der Waals surface area contributed by atoms with Gasteiger partial charge in [0.2, 0.25) is 5.91 Å². The van der Waals surface area contributed by atoms with Crippen molar-refractivity contribution in [2.45, 2.75) is 38.3 Å². The van der Waals surface area contributed by atoms with E-state index < -0.39 is 23.9 Å². The molecule has 0 heterocycles. The number of nitrogens with two attached hydrogens (primary N) is 2.